The van der Waals surface area contributed by atoms with Crippen molar-refractivity contribution >= 4 is 26.0 Å². The highest BCUT2D eigenvalue weighted by Gasteiger charge is 2.17. The molecule has 0 saturated heterocycles. The van der Waals surface area contributed by atoms with E-state index in [4.69, 9.17) is 10.5 Å². The molecule has 1 aromatic carbocycles. The van der Waals surface area contributed by atoms with E-state index in [9.17, 15) is 8.42 Å². The minimum Gasteiger partial charge on any atom is -0.382 e. The van der Waals surface area contributed by atoms with Gasteiger partial charge in [0.2, 0.25) is 10.0 Å². The van der Waals surface area contributed by atoms with E-state index in [0.29, 0.717) is 37.2 Å². The van der Waals surface area contributed by atoms with Gasteiger partial charge in [-0.05, 0) is 47.0 Å². The minimum atomic E-state index is -3.52. The first kappa shape index (κ1) is 16.6. The molecule has 108 valence electrons. The second kappa shape index (κ2) is 7.96. The van der Waals surface area contributed by atoms with Crippen LogP contribution in [0.5, 0.6) is 0 Å². The van der Waals surface area contributed by atoms with E-state index in [2.05, 4.69) is 20.7 Å². The lowest BCUT2D eigenvalue weighted by atomic mass is 10.2. The molecule has 0 aromatic heterocycles. The normalized spacial score (nSPS) is 11.7. The van der Waals surface area contributed by atoms with Crippen molar-refractivity contribution < 1.29 is 13.2 Å². The molecule has 0 unspecified atom stereocenters. The topological polar surface area (TPSA) is 81.4 Å². The zero-order valence-electron chi connectivity index (χ0n) is 10.9. The number of hydrogen-bond donors (Lipinski definition) is 2. The van der Waals surface area contributed by atoms with E-state index in [1.165, 1.54) is 0 Å². The van der Waals surface area contributed by atoms with E-state index in [0.717, 1.165) is 5.56 Å². The molecule has 0 fully saturated rings. The summed E-state index contributed by atoms with van der Waals surface area (Å²) in [5, 5.41) is 0. The Morgan fingerprint density at radius 1 is 1.42 bits per heavy atom. The van der Waals surface area contributed by atoms with Crippen molar-refractivity contribution in [2.45, 2.75) is 24.8 Å². The quantitative estimate of drug-likeness (QED) is 0.698. The molecular weight excluding hydrogens is 332 g/mol. The number of nitrogens with one attached hydrogen (secondary N) is 1. The number of benzene rings is 1. The number of ether oxygens (including phenoxy) is 1. The van der Waals surface area contributed by atoms with Gasteiger partial charge >= 0.3 is 0 Å². The van der Waals surface area contributed by atoms with Gasteiger partial charge in [-0.25, -0.2) is 13.1 Å². The van der Waals surface area contributed by atoms with Gasteiger partial charge in [0.15, 0.2) is 0 Å². The van der Waals surface area contributed by atoms with E-state index < -0.39 is 10.0 Å². The number of hydrogen-bond acceptors (Lipinski definition) is 4. The highest BCUT2D eigenvalue weighted by Crippen LogP contribution is 2.22. The molecule has 5 nitrogen and oxygen atoms in total. The Bertz CT molecular complexity index is 506. The van der Waals surface area contributed by atoms with Crippen LogP contribution in [0.3, 0.4) is 0 Å². The molecule has 0 aliphatic heterocycles. The zero-order chi connectivity index (χ0) is 14.3. The van der Waals surface area contributed by atoms with Gasteiger partial charge in [0.25, 0.3) is 0 Å². The number of halogens is 1. The first-order chi connectivity index (χ1) is 9.01. The minimum absolute atomic E-state index is 0.215. The third kappa shape index (κ3) is 5.19. The van der Waals surface area contributed by atoms with Gasteiger partial charge < -0.3 is 10.5 Å². The maximum Gasteiger partial charge on any atom is 0.241 e. The Balaban J connectivity index is 2.71. The van der Waals surface area contributed by atoms with Gasteiger partial charge in [0.1, 0.15) is 0 Å². The maximum absolute atomic E-state index is 12.1. The van der Waals surface area contributed by atoms with Crippen LogP contribution in [0.2, 0.25) is 0 Å². The summed E-state index contributed by atoms with van der Waals surface area (Å²) >= 11 is 3.24. The summed E-state index contributed by atoms with van der Waals surface area (Å²) in [6, 6.07) is 5.06. The molecule has 0 bridgehead atoms. The molecule has 3 N–H and O–H groups in total. The highest BCUT2D eigenvalue weighted by molar-refractivity contribution is 9.10. The van der Waals surface area contributed by atoms with Crippen LogP contribution < -0.4 is 10.5 Å². The van der Waals surface area contributed by atoms with Gasteiger partial charge in [0, 0.05) is 30.8 Å². The fourth-order valence-corrected chi connectivity index (χ4v) is 3.57. The Labute approximate surface area is 122 Å². The summed E-state index contributed by atoms with van der Waals surface area (Å²) in [4.78, 5) is 0.215. The van der Waals surface area contributed by atoms with E-state index >= 15 is 0 Å². The molecule has 0 aliphatic rings. The lowest BCUT2D eigenvalue weighted by Crippen LogP contribution is -2.26. The van der Waals surface area contributed by atoms with Gasteiger partial charge in [-0.1, -0.05) is 6.07 Å². The van der Waals surface area contributed by atoms with Crippen LogP contribution in [-0.4, -0.2) is 28.2 Å². The molecule has 19 heavy (non-hydrogen) atoms. The van der Waals surface area contributed by atoms with Crippen molar-refractivity contribution in [3.05, 3.63) is 28.2 Å². The average Bonchev–Trinajstić information content (AvgIpc) is 2.39. The smallest absolute Gasteiger partial charge is 0.241 e. The SMILES string of the molecule is CCOCCCNS(=O)(=O)c1cc(CN)ccc1Br. The molecule has 0 aliphatic carbocycles. The predicted molar refractivity (Wildman–Crippen MR) is 78.3 cm³/mol. The summed E-state index contributed by atoms with van der Waals surface area (Å²) in [7, 11) is -3.52. The summed E-state index contributed by atoms with van der Waals surface area (Å²) in [6.07, 6.45) is 0.640. The monoisotopic (exact) mass is 350 g/mol. The molecule has 1 rings (SSSR count). The Morgan fingerprint density at radius 3 is 2.79 bits per heavy atom. The summed E-state index contributed by atoms with van der Waals surface area (Å²) < 4.78 is 32.5. The third-order valence-electron chi connectivity index (χ3n) is 2.48. The fourth-order valence-electron chi connectivity index (χ4n) is 1.48. The van der Waals surface area contributed by atoms with Gasteiger partial charge in [-0.15, -0.1) is 0 Å². The van der Waals surface area contributed by atoms with Crippen LogP contribution in [0.15, 0.2) is 27.6 Å². The summed E-state index contributed by atoms with van der Waals surface area (Å²) in [5.41, 5.74) is 6.30. The standard InChI is InChI=1S/C12H19BrN2O3S/c1-2-18-7-3-6-15-19(16,17)12-8-10(9-14)4-5-11(12)13/h4-5,8,15H,2-3,6-7,9,14H2,1H3. The van der Waals surface area contributed by atoms with Crippen LogP contribution in [-0.2, 0) is 21.3 Å². The number of sulfonamides is 1. The van der Waals surface area contributed by atoms with Gasteiger partial charge in [-0.3, -0.25) is 0 Å². The molecule has 0 amide bonds. The second-order valence-electron chi connectivity index (χ2n) is 3.92. The van der Waals surface area contributed by atoms with Crippen molar-refractivity contribution in [3.8, 4) is 0 Å². The maximum atomic E-state index is 12.1. The second-order valence-corrected chi connectivity index (χ2v) is 6.51. The molecule has 1 aromatic rings. The predicted octanol–water partition coefficient (Wildman–Crippen LogP) is 1.61. The van der Waals surface area contributed by atoms with Crippen LogP contribution >= 0.6 is 15.9 Å². The lowest BCUT2D eigenvalue weighted by Gasteiger charge is -2.10. The Morgan fingerprint density at radius 2 is 2.16 bits per heavy atom. The molecule has 0 saturated carbocycles. The average molecular weight is 351 g/mol. The van der Waals surface area contributed by atoms with E-state index in [1.807, 2.05) is 6.92 Å². The van der Waals surface area contributed by atoms with Crippen LogP contribution in [0.4, 0.5) is 0 Å². The van der Waals surface area contributed by atoms with Gasteiger partial charge in [-0.2, -0.15) is 0 Å². The molecular formula is C12H19BrN2O3S. The fraction of sp³-hybridized carbons (Fsp3) is 0.500. The Hall–Kier alpha value is -0.470. The van der Waals surface area contributed by atoms with Crippen LogP contribution in [0.1, 0.15) is 18.9 Å². The lowest BCUT2D eigenvalue weighted by molar-refractivity contribution is 0.146. The third-order valence-corrected chi connectivity index (χ3v) is 4.94. The van der Waals surface area contributed by atoms with Crippen LogP contribution in [0.25, 0.3) is 0 Å². The van der Waals surface area contributed by atoms with E-state index in [1.54, 1.807) is 18.2 Å². The summed E-state index contributed by atoms with van der Waals surface area (Å²) in [6.45, 7) is 3.74. The van der Waals surface area contributed by atoms with Crippen molar-refractivity contribution in [2.24, 2.45) is 5.73 Å². The summed E-state index contributed by atoms with van der Waals surface area (Å²) in [5.74, 6) is 0. The molecule has 0 heterocycles. The molecule has 0 spiro atoms. The van der Waals surface area contributed by atoms with Crippen molar-refractivity contribution in [3.63, 3.8) is 0 Å². The number of nitrogens with two attached hydrogens (primary N) is 1. The first-order valence-corrected chi connectivity index (χ1v) is 8.34. The van der Waals surface area contributed by atoms with Crippen LogP contribution in [0, 0.1) is 0 Å². The van der Waals surface area contributed by atoms with E-state index in [-0.39, 0.29) is 4.90 Å². The molecule has 0 atom stereocenters. The molecule has 0 radical (unpaired) electrons. The largest absolute Gasteiger partial charge is 0.382 e. The van der Waals surface area contributed by atoms with Gasteiger partial charge in [0.05, 0.1) is 4.90 Å². The number of rotatable bonds is 8. The van der Waals surface area contributed by atoms with Crippen molar-refractivity contribution in [1.29, 1.82) is 0 Å². The van der Waals surface area contributed by atoms with Crippen molar-refractivity contribution in [2.75, 3.05) is 19.8 Å². The highest BCUT2D eigenvalue weighted by atomic mass is 79.9. The van der Waals surface area contributed by atoms with Crippen molar-refractivity contribution in [1.82, 2.24) is 4.72 Å². The molecule has 7 heteroatoms. The zero-order valence-corrected chi connectivity index (χ0v) is 13.3. The first-order valence-electron chi connectivity index (χ1n) is 6.07. The Kier molecular flexibility index (Phi) is 6.95.